The van der Waals surface area contributed by atoms with Crippen molar-refractivity contribution in [2.75, 3.05) is 43.4 Å². The van der Waals surface area contributed by atoms with Crippen LogP contribution in [0, 0.1) is 19.3 Å². The second kappa shape index (κ2) is 9.61. The number of terminal acetylenes is 1. The molecule has 1 aromatic heterocycles. The molecular weight excluding hydrogens is 348 g/mol. The minimum atomic E-state index is 0.343. The van der Waals surface area contributed by atoms with E-state index in [4.69, 9.17) is 12.2 Å². The first-order valence-electron chi connectivity index (χ1n) is 10.3. The predicted molar refractivity (Wildman–Crippen MR) is 116 cm³/mol. The minimum absolute atomic E-state index is 0.343. The lowest BCUT2D eigenvalue weighted by Gasteiger charge is -2.34. The number of nitrogens with two attached hydrogens (primary N) is 1. The van der Waals surface area contributed by atoms with Crippen LogP contribution < -0.4 is 16.0 Å². The number of nitrogens with one attached hydrogen (secondary N) is 1. The topological polar surface area (TPSA) is 70.3 Å². The molecule has 2 aliphatic heterocycles. The van der Waals surface area contributed by atoms with Crippen LogP contribution in [0.4, 0.5) is 11.8 Å². The first-order valence-corrected chi connectivity index (χ1v) is 10.3. The van der Waals surface area contributed by atoms with Crippen LogP contribution in [-0.2, 0) is 0 Å². The molecule has 0 aromatic carbocycles. The fourth-order valence-corrected chi connectivity index (χ4v) is 3.94. The van der Waals surface area contributed by atoms with E-state index in [9.17, 15) is 0 Å². The molecule has 1 unspecified atom stereocenters. The highest BCUT2D eigenvalue weighted by Crippen LogP contribution is 2.20. The van der Waals surface area contributed by atoms with Gasteiger partial charge in [0.15, 0.2) is 0 Å². The Morgan fingerprint density at radius 3 is 2.79 bits per heavy atom. The molecule has 0 amide bonds. The summed E-state index contributed by atoms with van der Waals surface area (Å²) < 4.78 is 0. The molecule has 0 bridgehead atoms. The Labute approximate surface area is 168 Å². The lowest BCUT2D eigenvalue weighted by atomic mass is 10.0. The number of anilines is 2. The lowest BCUT2D eigenvalue weighted by Crippen LogP contribution is -2.46. The minimum Gasteiger partial charge on any atom is -0.368 e. The van der Waals surface area contributed by atoms with E-state index in [2.05, 4.69) is 50.1 Å². The van der Waals surface area contributed by atoms with Crippen molar-refractivity contribution in [2.24, 2.45) is 0 Å². The number of allylic oxidation sites excluding steroid dienone is 2. The van der Waals surface area contributed by atoms with E-state index < -0.39 is 0 Å². The van der Waals surface area contributed by atoms with Crippen molar-refractivity contribution < 1.29 is 0 Å². The van der Waals surface area contributed by atoms with Gasteiger partial charge in [-0.15, -0.1) is 6.42 Å². The zero-order valence-electron chi connectivity index (χ0n) is 17.1. The molecule has 150 valence electrons. The zero-order valence-corrected chi connectivity index (χ0v) is 17.1. The fourth-order valence-electron chi connectivity index (χ4n) is 3.94. The van der Waals surface area contributed by atoms with E-state index in [0.717, 1.165) is 62.8 Å². The van der Waals surface area contributed by atoms with Crippen LogP contribution in [0.1, 0.15) is 38.3 Å². The maximum Gasteiger partial charge on any atom is 0.222 e. The van der Waals surface area contributed by atoms with E-state index in [1.165, 1.54) is 18.4 Å². The van der Waals surface area contributed by atoms with Gasteiger partial charge in [-0.2, -0.15) is 4.98 Å². The Morgan fingerprint density at radius 1 is 1.32 bits per heavy atom. The second-order valence-electron chi connectivity index (χ2n) is 7.62. The number of piperidine rings is 1. The summed E-state index contributed by atoms with van der Waals surface area (Å²) in [4.78, 5) is 13.2. The largest absolute Gasteiger partial charge is 0.368 e. The quantitative estimate of drug-likeness (QED) is 0.584. The molecule has 6 nitrogen and oxygen atoms in total. The van der Waals surface area contributed by atoms with Crippen LogP contribution in [0.25, 0.3) is 0 Å². The molecule has 1 atom stereocenters. The number of likely N-dealkylation sites (tertiary alicyclic amines) is 1. The lowest BCUT2D eigenvalue weighted by molar-refractivity contribution is 0.431. The van der Waals surface area contributed by atoms with Gasteiger partial charge >= 0.3 is 0 Å². The van der Waals surface area contributed by atoms with Crippen molar-refractivity contribution in [3.63, 3.8) is 0 Å². The number of nitrogen functional groups attached to an aromatic ring is 1. The van der Waals surface area contributed by atoms with E-state index >= 15 is 0 Å². The van der Waals surface area contributed by atoms with E-state index in [0.29, 0.717) is 12.0 Å². The van der Waals surface area contributed by atoms with Crippen LogP contribution in [0.5, 0.6) is 0 Å². The second-order valence-corrected chi connectivity index (χ2v) is 7.62. The van der Waals surface area contributed by atoms with Crippen molar-refractivity contribution in [1.29, 1.82) is 0 Å². The summed E-state index contributed by atoms with van der Waals surface area (Å²) in [6.07, 6.45) is 14.8. The molecule has 0 spiro atoms. The summed E-state index contributed by atoms with van der Waals surface area (Å²) in [5, 5.41) is 3.71. The average Bonchev–Trinajstić information content (AvgIpc) is 3.22. The highest BCUT2D eigenvalue weighted by molar-refractivity contribution is 5.44. The normalized spacial score (nSPS) is 21.1. The standard InChI is InChI=1S/C22H32N6/c1-4-18(14-20(5-2)27-10-6-7-11-27)15-24-19-9-8-12-28(16-19)21-13-17(3)25-22(23)26-21/h2,4,13-14,19,24H,6-12,15-16H2,1,3H3,(H2,23,25,26)/b18-4+,20-14+. The Hall–Kier alpha value is -2.52. The van der Waals surface area contributed by atoms with Gasteiger partial charge in [-0.1, -0.05) is 12.0 Å². The molecular formula is C22H32N6. The molecule has 0 aliphatic carbocycles. The van der Waals surface area contributed by atoms with Crippen molar-refractivity contribution in [1.82, 2.24) is 20.2 Å². The van der Waals surface area contributed by atoms with Gasteiger partial charge < -0.3 is 20.9 Å². The highest BCUT2D eigenvalue weighted by atomic mass is 15.2. The molecule has 1 aromatic rings. The molecule has 3 rings (SSSR count). The van der Waals surface area contributed by atoms with Gasteiger partial charge in [-0.3, -0.25) is 0 Å². The Morgan fingerprint density at radius 2 is 2.11 bits per heavy atom. The number of rotatable bonds is 6. The summed E-state index contributed by atoms with van der Waals surface area (Å²) in [5.74, 6) is 4.14. The highest BCUT2D eigenvalue weighted by Gasteiger charge is 2.21. The molecule has 3 heterocycles. The van der Waals surface area contributed by atoms with Crippen molar-refractivity contribution in [3.05, 3.63) is 35.2 Å². The molecule has 28 heavy (non-hydrogen) atoms. The van der Waals surface area contributed by atoms with Gasteiger partial charge in [0.05, 0.1) is 5.70 Å². The van der Waals surface area contributed by atoms with Gasteiger partial charge in [0, 0.05) is 50.5 Å². The Balaban J connectivity index is 1.59. The molecule has 2 aliphatic rings. The SMILES string of the molecule is C#C/C(=C\C(=C/C)CNC1CCCN(c2cc(C)nc(N)n2)C1)N1CCCC1. The summed E-state index contributed by atoms with van der Waals surface area (Å²) in [6, 6.07) is 2.42. The van der Waals surface area contributed by atoms with Gasteiger partial charge in [0.1, 0.15) is 5.82 Å². The molecule has 2 fully saturated rings. The maximum atomic E-state index is 5.83. The monoisotopic (exact) mass is 380 g/mol. The van der Waals surface area contributed by atoms with Crippen LogP contribution >= 0.6 is 0 Å². The summed E-state index contributed by atoms with van der Waals surface area (Å²) in [6.45, 7) is 8.91. The van der Waals surface area contributed by atoms with Crippen molar-refractivity contribution >= 4 is 11.8 Å². The summed E-state index contributed by atoms with van der Waals surface area (Å²) in [5.41, 5.74) is 8.97. The van der Waals surface area contributed by atoms with Crippen LogP contribution in [0.2, 0.25) is 0 Å². The number of aryl methyl sites for hydroxylation is 1. The predicted octanol–water partition coefficient (Wildman–Crippen LogP) is 2.48. The van der Waals surface area contributed by atoms with Gasteiger partial charge in [-0.25, -0.2) is 4.98 Å². The van der Waals surface area contributed by atoms with E-state index in [1.807, 2.05) is 13.0 Å². The first kappa shape index (κ1) is 20.2. The third-order valence-electron chi connectivity index (χ3n) is 5.49. The number of hydrogen-bond acceptors (Lipinski definition) is 6. The number of aromatic nitrogens is 2. The van der Waals surface area contributed by atoms with Gasteiger partial charge in [0.25, 0.3) is 0 Å². The first-order chi connectivity index (χ1) is 13.6. The zero-order chi connectivity index (χ0) is 19.9. The summed E-state index contributed by atoms with van der Waals surface area (Å²) in [7, 11) is 0. The van der Waals surface area contributed by atoms with Crippen molar-refractivity contribution in [3.8, 4) is 12.3 Å². The van der Waals surface area contributed by atoms with E-state index in [1.54, 1.807) is 0 Å². The fraction of sp³-hybridized carbons (Fsp3) is 0.545. The third-order valence-corrected chi connectivity index (χ3v) is 5.49. The maximum absolute atomic E-state index is 5.83. The molecule has 2 saturated heterocycles. The van der Waals surface area contributed by atoms with Gasteiger partial charge in [-0.05, 0) is 51.2 Å². The summed E-state index contributed by atoms with van der Waals surface area (Å²) >= 11 is 0. The van der Waals surface area contributed by atoms with E-state index in [-0.39, 0.29) is 0 Å². The van der Waals surface area contributed by atoms with Crippen LogP contribution in [0.15, 0.2) is 29.5 Å². The number of hydrogen-bond donors (Lipinski definition) is 2. The molecule has 3 N–H and O–H groups in total. The third kappa shape index (κ3) is 5.26. The smallest absolute Gasteiger partial charge is 0.222 e. The average molecular weight is 381 g/mol. The van der Waals surface area contributed by atoms with Crippen LogP contribution in [0.3, 0.4) is 0 Å². The Bertz CT molecular complexity index is 749. The van der Waals surface area contributed by atoms with Crippen molar-refractivity contribution in [2.45, 2.75) is 45.6 Å². The number of nitrogens with zero attached hydrogens (tertiary/aromatic N) is 4. The molecule has 0 saturated carbocycles. The van der Waals surface area contributed by atoms with Gasteiger partial charge in [0.2, 0.25) is 5.95 Å². The molecule has 6 heteroatoms. The Kier molecular flexibility index (Phi) is 6.94. The van der Waals surface area contributed by atoms with Crippen LogP contribution in [-0.4, -0.2) is 53.6 Å². The molecule has 0 radical (unpaired) electrons.